The van der Waals surface area contributed by atoms with Crippen molar-refractivity contribution in [1.29, 1.82) is 0 Å². The first-order chi connectivity index (χ1) is 5.99. The number of rotatable bonds is 2. The van der Waals surface area contributed by atoms with Gasteiger partial charge in [0.1, 0.15) is 4.90 Å². The lowest BCUT2D eigenvalue weighted by Gasteiger charge is -1.93. The molecule has 1 rings (SSSR count). The molecule has 0 saturated heterocycles. The fourth-order valence-corrected chi connectivity index (χ4v) is 2.06. The average molecular weight is 201 g/mol. The van der Waals surface area contributed by atoms with Crippen molar-refractivity contribution in [1.82, 2.24) is 10.2 Å². The van der Waals surface area contributed by atoms with Crippen LogP contribution >= 0.6 is 0 Å². The van der Waals surface area contributed by atoms with Crippen LogP contribution < -0.4 is 0 Å². The molecule has 0 atom stereocenters. The number of hydrogen-bond donors (Lipinski definition) is 1. The van der Waals surface area contributed by atoms with E-state index in [9.17, 15) is 13.2 Å². The highest BCUT2D eigenvalue weighted by Gasteiger charge is 2.21. The zero-order valence-electron chi connectivity index (χ0n) is 7.03. The van der Waals surface area contributed by atoms with Gasteiger partial charge in [0.2, 0.25) is 0 Å². The first-order valence-corrected chi connectivity index (χ1v) is 4.79. The molecule has 70 valence electrons. The van der Waals surface area contributed by atoms with Crippen LogP contribution in [0.1, 0.15) is 11.4 Å². The van der Waals surface area contributed by atoms with E-state index in [4.69, 9.17) is 0 Å². The molecule has 0 aromatic carbocycles. The van der Waals surface area contributed by atoms with Crippen LogP contribution in [0.5, 0.6) is 0 Å². The summed E-state index contributed by atoms with van der Waals surface area (Å²) in [6.45, 7) is 3.05. The number of aryl methyl sites for hydroxylation is 2. The first kappa shape index (κ1) is 9.63. The summed E-state index contributed by atoms with van der Waals surface area (Å²) in [4.78, 5) is 9.78. The van der Waals surface area contributed by atoms with Crippen molar-refractivity contribution >= 4 is 16.1 Å². The van der Waals surface area contributed by atoms with E-state index in [1.165, 1.54) is 13.8 Å². The number of aromatic nitrogens is 2. The minimum Gasteiger partial charge on any atom is -0.281 e. The van der Waals surface area contributed by atoms with Gasteiger partial charge in [0, 0.05) is 0 Å². The lowest BCUT2D eigenvalue weighted by atomic mass is 10.4. The summed E-state index contributed by atoms with van der Waals surface area (Å²) in [5.74, 6) is 0. The van der Waals surface area contributed by atoms with E-state index in [2.05, 4.69) is 14.6 Å². The molecule has 0 bridgehead atoms. The summed E-state index contributed by atoms with van der Waals surface area (Å²) in [6.07, 6.45) is 0.996. The Hall–Kier alpha value is -1.46. The van der Waals surface area contributed by atoms with Crippen LogP contribution in [0.3, 0.4) is 0 Å². The number of hydrogen-bond acceptors (Lipinski definition) is 4. The predicted molar refractivity (Wildman–Crippen MR) is 43.4 cm³/mol. The first-order valence-electron chi connectivity index (χ1n) is 3.34. The third-order valence-electron chi connectivity index (χ3n) is 1.48. The molecule has 13 heavy (non-hydrogen) atoms. The smallest absolute Gasteiger partial charge is 0.281 e. The third kappa shape index (κ3) is 1.66. The lowest BCUT2D eigenvalue weighted by Crippen LogP contribution is -1.99. The normalized spacial score (nSPS) is 10.9. The standard InChI is InChI=1S/C6H7N3O3S/c1-4-6(5(2)9-8-4)13(11,12)7-3-10/h1-2H3,(H,8,9). The van der Waals surface area contributed by atoms with Gasteiger partial charge in [-0.3, -0.25) is 5.10 Å². The van der Waals surface area contributed by atoms with Crippen molar-refractivity contribution < 1.29 is 13.2 Å². The molecule has 1 heterocycles. The summed E-state index contributed by atoms with van der Waals surface area (Å²) in [6, 6.07) is 0. The van der Waals surface area contributed by atoms with Crippen LogP contribution in [0.2, 0.25) is 0 Å². The summed E-state index contributed by atoms with van der Waals surface area (Å²) >= 11 is 0. The van der Waals surface area contributed by atoms with Crippen molar-refractivity contribution in [3.63, 3.8) is 0 Å². The Bertz CT molecular complexity index is 448. The topological polar surface area (TPSA) is 92.2 Å². The van der Waals surface area contributed by atoms with Crippen molar-refractivity contribution in [2.45, 2.75) is 18.7 Å². The summed E-state index contributed by atoms with van der Waals surface area (Å²) in [7, 11) is -3.92. The van der Waals surface area contributed by atoms with Crippen LogP contribution in [-0.2, 0) is 14.8 Å². The second-order valence-corrected chi connectivity index (χ2v) is 3.96. The van der Waals surface area contributed by atoms with Crippen LogP contribution in [0.25, 0.3) is 0 Å². The van der Waals surface area contributed by atoms with Gasteiger partial charge in [-0.1, -0.05) is 4.40 Å². The number of carbonyl (C=O) groups excluding carboxylic acids is 1. The van der Waals surface area contributed by atoms with E-state index < -0.39 is 10.0 Å². The van der Waals surface area contributed by atoms with Gasteiger partial charge in [-0.05, 0) is 13.8 Å². The maximum absolute atomic E-state index is 11.2. The molecule has 1 N–H and O–H groups in total. The maximum Gasteiger partial charge on any atom is 0.296 e. The fraction of sp³-hybridized carbons (Fsp3) is 0.333. The fourth-order valence-electron chi connectivity index (χ4n) is 1.02. The van der Waals surface area contributed by atoms with Gasteiger partial charge in [0.15, 0.2) is 0 Å². The second-order valence-electron chi connectivity index (χ2n) is 2.42. The molecule has 7 heteroatoms. The van der Waals surface area contributed by atoms with Crippen molar-refractivity contribution in [3.8, 4) is 0 Å². The molecule has 0 unspecified atom stereocenters. The molecule has 0 aliphatic heterocycles. The molecule has 0 radical (unpaired) electrons. The predicted octanol–water partition coefficient (Wildman–Crippen LogP) is 0.0510. The molecule has 1 aromatic rings. The van der Waals surface area contributed by atoms with Crippen LogP contribution in [0.4, 0.5) is 0 Å². The Labute approximate surface area is 74.7 Å². The van der Waals surface area contributed by atoms with E-state index in [0.29, 0.717) is 5.69 Å². The van der Waals surface area contributed by atoms with Crippen LogP contribution in [-0.4, -0.2) is 24.7 Å². The van der Waals surface area contributed by atoms with Gasteiger partial charge in [0.05, 0.1) is 11.4 Å². The molecule has 6 nitrogen and oxygen atoms in total. The number of nitrogens with one attached hydrogen (secondary N) is 1. The third-order valence-corrected chi connectivity index (χ3v) is 2.91. The van der Waals surface area contributed by atoms with Gasteiger partial charge in [0.25, 0.3) is 16.1 Å². The van der Waals surface area contributed by atoms with Gasteiger partial charge in [-0.25, -0.2) is 4.79 Å². The molecule has 0 spiro atoms. The van der Waals surface area contributed by atoms with Crippen molar-refractivity contribution in [2.75, 3.05) is 0 Å². The number of isocyanates is 1. The Morgan fingerprint density at radius 3 is 2.46 bits per heavy atom. The quantitative estimate of drug-likeness (QED) is 0.540. The molecule has 0 aliphatic carbocycles. The molecule has 0 aliphatic rings. The zero-order valence-corrected chi connectivity index (χ0v) is 7.84. The number of H-pyrrole nitrogens is 1. The van der Waals surface area contributed by atoms with E-state index in [1.54, 1.807) is 0 Å². The molecule has 1 aromatic heterocycles. The second kappa shape index (κ2) is 3.12. The Kier molecular flexibility index (Phi) is 2.31. The van der Waals surface area contributed by atoms with Gasteiger partial charge >= 0.3 is 0 Å². The molecular formula is C6H7N3O3S. The zero-order chi connectivity index (χ0) is 10.1. The van der Waals surface area contributed by atoms with Gasteiger partial charge < -0.3 is 0 Å². The summed E-state index contributed by atoms with van der Waals surface area (Å²) in [5.41, 5.74) is 0.646. The van der Waals surface area contributed by atoms with E-state index in [-0.39, 0.29) is 10.6 Å². The Balaban J connectivity index is 3.46. The van der Waals surface area contributed by atoms with Crippen molar-refractivity contribution in [3.05, 3.63) is 11.4 Å². The highest BCUT2D eigenvalue weighted by Crippen LogP contribution is 2.18. The van der Waals surface area contributed by atoms with Gasteiger partial charge in [-0.15, -0.1) is 0 Å². The monoisotopic (exact) mass is 201 g/mol. The minimum atomic E-state index is -3.92. The van der Waals surface area contributed by atoms with E-state index in [1.807, 2.05) is 0 Å². The maximum atomic E-state index is 11.2. The minimum absolute atomic E-state index is 0.0594. The van der Waals surface area contributed by atoms with E-state index >= 15 is 0 Å². The van der Waals surface area contributed by atoms with Crippen LogP contribution in [0.15, 0.2) is 9.29 Å². The summed E-state index contributed by atoms with van der Waals surface area (Å²) in [5, 5.41) is 6.15. The molecule has 0 amide bonds. The van der Waals surface area contributed by atoms with Crippen LogP contribution in [0, 0.1) is 13.8 Å². The summed E-state index contributed by atoms with van der Waals surface area (Å²) < 4.78 is 25.2. The van der Waals surface area contributed by atoms with E-state index in [0.717, 1.165) is 6.08 Å². The van der Waals surface area contributed by atoms with Crippen molar-refractivity contribution in [2.24, 2.45) is 4.40 Å². The molecular weight excluding hydrogens is 194 g/mol. The Morgan fingerprint density at radius 1 is 1.46 bits per heavy atom. The number of nitrogens with zero attached hydrogens (tertiary/aromatic N) is 2. The molecule has 0 saturated carbocycles. The largest absolute Gasteiger partial charge is 0.296 e. The molecule has 0 fully saturated rings. The highest BCUT2D eigenvalue weighted by molar-refractivity contribution is 7.90. The Morgan fingerprint density at radius 2 is 2.08 bits per heavy atom. The number of aromatic amines is 1. The average Bonchev–Trinajstić information content (AvgIpc) is 2.31. The SMILES string of the molecule is Cc1n[nH]c(C)c1S(=O)(=O)N=C=O. The lowest BCUT2D eigenvalue weighted by molar-refractivity contribution is 0.563. The highest BCUT2D eigenvalue weighted by atomic mass is 32.2. The van der Waals surface area contributed by atoms with Gasteiger partial charge in [-0.2, -0.15) is 13.5 Å². The number of sulfonamides is 1.